The van der Waals surface area contributed by atoms with Crippen molar-refractivity contribution in [3.05, 3.63) is 36.9 Å². The molecule has 0 saturated carbocycles. The molecular formula is C13H18N4O. The highest BCUT2D eigenvalue weighted by Gasteiger charge is 2.20. The van der Waals surface area contributed by atoms with Gasteiger partial charge in [-0.25, -0.2) is 4.98 Å². The minimum absolute atomic E-state index is 0.0245. The second-order valence-corrected chi connectivity index (χ2v) is 4.33. The SMILES string of the molecule is C=CCN1CCCN(C(=O)c2cnccn2)CC1. The van der Waals surface area contributed by atoms with Gasteiger partial charge in [0.1, 0.15) is 5.69 Å². The molecule has 1 amide bonds. The maximum absolute atomic E-state index is 12.2. The van der Waals surface area contributed by atoms with Crippen LogP contribution < -0.4 is 0 Å². The molecule has 1 aliphatic rings. The number of amides is 1. The van der Waals surface area contributed by atoms with Gasteiger partial charge >= 0.3 is 0 Å². The van der Waals surface area contributed by atoms with Crippen LogP contribution in [0.2, 0.25) is 0 Å². The first kappa shape index (κ1) is 12.7. The number of carbonyl (C=O) groups is 1. The molecule has 1 aliphatic heterocycles. The van der Waals surface area contributed by atoms with Crippen molar-refractivity contribution in [2.24, 2.45) is 0 Å². The summed E-state index contributed by atoms with van der Waals surface area (Å²) in [5.74, 6) is -0.0245. The summed E-state index contributed by atoms with van der Waals surface area (Å²) in [7, 11) is 0. The third-order valence-corrected chi connectivity index (χ3v) is 3.05. The van der Waals surface area contributed by atoms with E-state index in [1.165, 1.54) is 6.20 Å². The maximum Gasteiger partial charge on any atom is 0.274 e. The average Bonchev–Trinajstić information content (AvgIpc) is 2.65. The zero-order valence-electron chi connectivity index (χ0n) is 10.5. The second-order valence-electron chi connectivity index (χ2n) is 4.33. The molecule has 5 heteroatoms. The summed E-state index contributed by atoms with van der Waals surface area (Å²) in [4.78, 5) is 24.3. The van der Waals surface area contributed by atoms with E-state index in [1.54, 1.807) is 12.4 Å². The minimum atomic E-state index is -0.0245. The van der Waals surface area contributed by atoms with Gasteiger partial charge in [0.15, 0.2) is 0 Å². The van der Waals surface area contributed by atoms with Crippen LogP contribution in [0.1, 0.15) is 16.9 Å². The monoisotopic (exact) mass is 246 g/mol. The summed E-state index contributed by atoms with van der Waals surface area (Å²) in [6.45, 7) is 8.05. The van der Waals surface area contributed by atoms with E-state index in [0.29, 0.717) is 5.69 Å². The van der Waals surface area contributed by atoms with Crippen molar-refractivity contribution in [3.8, 4) is 0 Å². The lowest BCUT2D eigenvalue weighted by molar-refractivity contribution is 0.0755. The van der Waals surface area contributed by atoms with Gasteiger partial charge in [0.05, 0.1) is 6.20 Å². The summed E-state index contributed by atoms with van der Waals surface area (Å²) in [6, 6.07) is 0. The molecule has 1 aromatic rings. The van der Waals surface area contributed by atoms with E-state index in [2.05, 4.69) is 21.4 Å². The Kier molecular flexibility index (Phi) is 4.41. The van der Waals surface area contributed by atoms with E-state index >= 15 is 0 Å². The van der Waals surface area contributed by atoms with Crippen molar-refractivity contribution in [2.45, 2.75) is 6.42 Å². The highest BCUT2D eigenvalue weighted by atomic mass is 16.2. The number of aromatic nitrogens is 2. The fourth-order valence-corrected chi connectivity index (χ4v) is 2.11. The van der Waals surface area contributed by atoms with Crippen molar-refractivity contribution >= 4 is 5.91 Å². The molecule has 0 spiro atoms. The standard InChI is InChI=1S/C13H18N4O/c1-2-6-16-7-3-8-17(10-9-16)13(18)12-11-14-4-5-15-12/h2,4-5,11H,1,3,6-10H2. The van der Waals surface area contributed by atoms with Crippen molar-refractivity contribution in [1.82, 2.24) is 19.8 Å². The van der Waals surface area contributed by atoms with Crippen molar-refractivity contribution < 1.29 is 4.79 Å². The van der Waals surface area contributed by atoms with Crippen LogP contribution in [-0.2, 0) is 0 Å². The first-order valence-corrected chi connectivity index (χ1v) is 6.20. The predicted molar refractivity (Wildman–Crippen MR) is 69.2 cm³/mol. The van der Waals surface area contributed by atoms with Crippen molar-refractivity contribution in [1.29, 1.82) is 0 Å². The first-order valence-electron chi connectivity index (χ1n) is 6.20. The Bertz CT molecular complexity index is 407. The van der Waals surface area contributed by atoms with Gasteiger partial charge in [-0.15, -0.1) is 6.58 Å². The molecule has 2 heterocycles. The van der Waals surface area contributed by atoms with Gasteiger partial charge in [-0.05, 0) is 6.42 Å². The van der Waals surface area contributed by atoms with Gasteiger partial charge in [-0.1, -0.05) is 6.08 Å². The first-order chi connectivity index (χ1) is 8.81. The second kappa shape index (κ2) is 6.26. The summed E-state index contributed by atoms with van der Waals surface area (Å²) in [5, 5.41) is 0. The molecule has 18 heavy (non-hydrogen) atoms. The van der Waals surface area contributed by atoms with E-state index in [9.17, 15) is 4.79 Å². The van der Waals surface area contributed by atoms with E-state index in [1.807, 2.05) is 11.0 Å². The molecule has 0 aromatic carbocycles. The van der Waals surface area contributed by atoms with Crippen LogP contribution in [0.15, 0.2) is 31.2 Å². The van der Waals surface area contributed by atoms with Crippen LogP contribution in [0.4, 0.5) is 0 Å². The molecular weight excluding hydrogens is 228 g/mol. The third-order valence-electron chi connectivity index (χ3n) is 3.05. The van der Waals surface area contributed by atoms with Crippen LogP contribution in [0.3, 0.4) is 0 Å². The largest absolute Gasteiger partial charge is 0.336 e. The number of rotatable bonds is 3. The fraction of sp³-hybridized carbons (Fsp3) is 0.462. The Balaban J connectivity index is 1.98. The molecule has 0 atom stereocenters. The Labute approximate surface area is 107 Å². The van der Waals surface area contributed by atoms with Gasteiger partial charge in [-0.3, -0.25) is 14.7 Å². The lowest BCUT2D eigenvalue weighted by Gasteiger charge is -2.20. The van der Waals surface area contributed by atoms with Gasteiger partial charge < -0.3 is 4.90 Å². The Morgan fingerprint density at radius 1 is 1.33 bits per heavy atom. The molecule has 1 saturated heterocycles. The van der Waals surface area contributed by atoms with Crippen LogP contribution >= 0.6 is 0 Å². The number of carbonyl (C=O) groups excluding carboxylic acids is 1. The minimum Gasteiger partial charge on any atom is -0.336 e. The Hall–Kier alpha value is -1.75. The Morgan fingerprint density at radius 3 is 2.94 bits per heavy atom. The quantitative estimate of drug-likeness (QED) is 0.741. The topological polar surface area (TPSA) is 49.3 Å². The fourth-order valence-electron chi connectivity index (χ4n) is 2.11. The summed E-state index contributed by atoms with van der Waals surface area (Å²) in [5.41, 5.74) is 0.426. The molecule has 0 N–H and O–H groups in total. The van der Waals surface area contributed by atoms with Gasteiger partial charge in [0.25, 0.3) is 5.91 Å². The molecule has 1 aromatic heterocycles. The summed E-state index contributed by atoms with van der Waals surface area (Å²) in [6.07, 6.45) is 7.54. The molecule has 96 valence electrons. The van der Waals surface area contributed by atoms with Crippen LogP contribution in [0.5, 0.6) is 0 Å². The Morgan fingerprint density at radius 2 is 2.22 bits per heavy atom. The van der Waals surface area contributed by atoms with Crippen LogP contribution in [0, 0.1) is 0 Å². The number of hydrogen-bond acceptors (Lipinski definition) is 4. The lowest BCUT2D eigenvalue weighted by atomic mass is 10.3. The van der Waals surface area contributed by atoms with E-state index in [4.69, 9.17) is 0 Å². The summed E-state index contributed by atoms with van der Waals surface area (Å²) >= 11 is 0. The molecule has 2 rings (SSSR count). The van der Waals surface area contributed by atoms with E-state index < -0.39 is 0 Å². The molecule has 0 unspecified atom stereocenters. The highest BCUT2D eigenvalue weighted by Crippen LogP contribution is 2.06. The van der Waals surface area contributed by atoms with Crippen LogP contribution in [-0.4, -0.2) is 58.4 Å². The van der Waals surface area contributed by atoms with Crippen molar-refractivity contribution in [3.63, 3.8) is 0 Å². The van der Waals surface area contributed by atoms with E-state index in [-0.39, 0.29) is 5.91 Å². The normalized spacial score (nSPS) is 17.2. The van der Waals surface area contributed by atoms with Gasteiger partial charge in [0, 0.05) is 45.1 Å². The third kappa shape index (κ3) is 3.13. The van der Waals surface area contributed by atoms with Gasteiger partial charge in [-0.2, -0.15) is 0 Å². The molecule has 1 fully saturated rings. The molecule has 0 radical (unpaired) electrons. The summed E-state index contributed by atoms with van der Waals surface area (Å²) < 4.78 is 0. The van der Waals surface area contributed by atoms with Gasteiger partial charge in [0.2, 0.25) is 0 Å². The zero-order valence-corrected chi connectivity index (χ0v) is 10.5. The van der Waals surface area contributed by atoms with E-state index in [0.717, 1.165) is 39.1 Å². The zero-order chi connectivity index (χ0) is 12.8. The lowest BCUT2D eigenvalue weighted by Crippen LogP contribution is -2.35. The highest BCUT2D eigenvalue weighted by molar-refractivity contribution is 5.91. The van der Waals surface area contributed by atoms with Crippen molar-refractivity contribution in [2.75, 3.05) is 32.7 Å². The maximum atomic E-state index is 12.2. The smallest absolute Gasteiger partial charge is 0.274 e. The van der Waals surface area contributed by atoms with Crippen LogP contribution in [0.25, 0.3) is 0 Å². The number of nitrogens with zero attached hydrogens (tertiary/aromatic N) is 4. The molecule has 0 aliphatic carbocycles. The molecule has 5 nitrogen and oxygen atoms in total. The molecule has 0 bridgehead atoms. The average molecular weight is 246 g/mol. The predicted octanol–water partition coefficient (Wildman–Crippen LogP) is 0.810. The number of hydrogen-bond donors (Lipinski definition) is 0.